The Hall–Kier alpha value is -0.483. The van der Waals surface area contributed by atoms with Crippen LogP contribution in [0.25, 0.3) is 0 Å². The highest BCUT2D eigenvalue weighted by Crippen LogP contribution is 2.18. The van der Waals surface area contributed by atoms with Crippen LogP contribution < -0.4 is 0 Å². The van der Waals surface area contributed by atoms with Gasteiger partial charge in [0.2, 0.25) is 6.08 Å². The normalized spacial score (nSPS) is 11.5. The van der Waals surface area contributed by atoms with E-state index in [0.717, 1.165) is 6.42 Å². The van der Waals surface area contributed by atoms with Gasteiger partial charge in [0.15, 0.2) is 0 Å². The van der Waals surface area contributed by atoms with Gasteiger partial charge < -0.3 is 8.85 Å². The van der Waals surface area contributed by atoms with Crippen molar-refractivity contribution in [3.05, 3.63) is 0 Å². The number of rotatable bonds is 6. The van der Waals surface area contributed by atoms with Crippen LogP contribution >= 0.6 is 0 Å². The summed E-state index contributed by atoms with van der Waals surface area (Å²) in [6.07, 6.45) is 2.46. The Kier molecular flexibility index (Phi) is 5.82. The van der Waals surface area contributed by atoms with E-state index in [2.05, 4.69) is 18.5 Å². The van der Waals surface area contributed by atoms with E-state index < -0.39 is 8.72 Å². The Morgan fingerprint density at radius 1 is 1.38 bits per heavy atom. The minimum atomic E-state index is -2.60. The van der Waals surface area contributed by atoms with Gasteiger partial charge >= 0.3 is 8.72 Å². The van der Waals surface area contributed by atoms with Crippen molar-refractivity contribution in [2.45, 2.75) is 26.3 Å². The van der Waals surface area contributed by atoms with Crippen LogP contribution in [0.1, 0.15) is 20.3 Å². The lowest BCUT2D eigenvalue weighted by Gasteiger charge is -2.20. The number of nitrogens with zero attached hydrogens (tertiary/aromatic N) is 1. The molecule has 0 saturated carbocycles. The molecule has 0 aliphatic rings. The van der Waals surface area contributed by atoms with Crippen LogP contribution in [0.15, 0.2) is 4.66 Å². The second-order valence-corrected chi connectivity index (χ2v) is 6.22. The lowest BCUT2D eigenvalue weighted by atomic mass is 10.2. The Bertz CT molecular complexity index is 186. The smallest absolute Gasteiger partial charge is 0.380 e. The fourth-order valence-corrected chi connectivity index (χ4v) is 2.93. The van der Waals surface area contributed by atoms with Crippen LogP contribution in [0.5, 0.6) is 0 Å². The summed E-state index contributed by atoms with van der Waals surface area (Å²) < 4.78 is 14.0. The average Bonchev–Trinajstić information content (AvgIpc) is 2.12. The summed E-state index contributed by atoms with van der Waals surface area (Å²) in [7, 11) is 0.445. The molecule has 13 heavy (non-hydrogen) atoms. The van der Waals surface area contributed by atoms with E-state index in [1.807, 2.05) is 0 Å². The van der Waals surface area contributed by atoms with Gasteiger partial charge in [-0.3, -0.25) is 0 Å². The largest absolute Gasteiger partial charge is 0.488 e. The van der Waals surface area contributed by atoms with E-state index in [0.29, 0.717) is 12.0 Å². The number of isocyanates is 1. The van der Waals surface area contributed by atoms with Crippen molar-refractivity contribution in [3.8, 4) is 0 Å². The zero-order valence-electron chi connectivity index (χ0n) is 8.66. The quantitative estimate of drug-likeness (QED) is 0.374. The van der Waals surface area contributed by atoms with Gasteiger partial charge in [-0.05, 0) is 12.3 Å². The zero-order valence-corrected chi connectivity index (χ0v) is 9.66. The predicted octanol–water partition coefficient (Wildman–Crippen LogP) is 1.60. The summed E-state index contributed by atoms with van der Waals surface area (Å²) in [4.78, 5) is 10.2. The molecule has 0 saturated heterocycles. The lowest BCUT2D eigenvalue weighted by Crippen LogP contribution is -2.38. The number of hydrogen-bond donors (Lipinski definition) is 0. The number of carbonyl (C=O) groups excluding carboxylic acids is 1. The van der Waals surface area contributed by atoms with Crippen LogP contribution in [-0.4, -0.2) is 29.0 Å². The average molecular weight is 203 g/mol. The molecule has 0 spiro atoms. The molecule has 0 aromatic carbocycles. The molecule has 0 unspecified atom stereocenters. The molecule has 0 aromatic rings. The van der Waals surface area contributed by atoms with Crippen molar-refractivity contribution in [1.29, 1.82) is 0 Å². The SMILES string of the molecule is CO[Si](CCC(C)C)(N=C=O)OC. The summed E-state index contributed by atoms with van der Waals surface area (Å²) in [5.41, 5.74) is 0. The molecule has 0 atom stereocenters. The van der Waals surface area contributed by atoms with Crippen molar-refractivity contribution in [2.24, 2.45) is 10.6 Å². The molecule has 0 N–H and O–H groups in total. The van der Waals surface area contributed by atoms with E-state index in [1.54, 1.807) is 0 Å². The molecule has 0 aliphatic heterocycles. The zero-order chi connectivity index (χ0) is 10.3. The minimum Gasteiger partial charge on any atom is -0.380 e. The third-order valence-electron chi connectivity index (χ3n) is 1.89. The van der Waals surface area contributed by atoms with Gasteiger partial charge in [0.25, 0.3) is 0 Å². The van der Waals surface area contributed by atoms with Gasteiger partial charge in [-0.15, -0.1) is 0 Å². The summed E-state index contributed by atoms with van der Waals surface area (Å²) in [5, 5.41) is 0. The van der Waals surface area contributed by atoms with E-state index in [-0.39, 0.29) is 0 Å². The first-order valence-corrected chi connectivity index (χ1v) is 6.26. The molecular formula is C8H17NO3Si. The highest BCUT2D eigenvalue weighted by atomic mass is 28.4. The van der Waals surface area contributed by atoms with Crippen LogP contribution in [0.4, 0.5) is 0 Å². The fraction of sp³-hybridized carbons (Fsp3) is 0.875. The Morgan fingerprint density at radius 3 is 2.23 bits per heavy atom. The standard InChI is InChI=1S/C8H17NO3Si/c1-8(2)5-6-13(11-3,12-4)9-7-10/h8H,5-6H2,1-4H3. The summed E-state index contributed by atoms with van der Waals surface area (Å²) in [6, 6.07) is 0.701. The molecule has 0 fully saturated rings. The molecule has 0 bridgehead atoms. The van der Waals surface area contributed by atoms with E-state index >= 15 is 0 Å². The van der Waals surface area contributed by atoms with Crippen molar-refractivity contribution >= 4 is 14.8 Å². The topological polar surface area (TPSA) is 47.9 Å². The second kappa shape index (κ2) is 6.04. The third kappa shape index (κ3) is 4.33. The minimum absolute atomic E-state index is 0.555. The Balaban J connectivity index is 4.29. The highest BCUT2D eigenvalue weighted by Gasteiger charge is 2.36. The number of hydrogen-bond acceptors (Lipinski definition) is 4. The second-order valence-electron chi connectivity index (χ2n) is 3.26. The first kappa shape index (κ1) is 12.5. The molecule has 0 amide bonds. The van der Waals surface area contributed by atoms with Crippen molar-refractivity contribution in [2.75, 3.05) is 14.2 Å². The molecule has 0 heterocycles. The molecule has 0 aliphatic carbocycles. The first-order valence-electron chi connectivity index (χ1n) is 4.29. The van der Waals surface area contributed by atoms with Crippen LogP contribution in [0.3, 0.4) is 0 Å². The maximum atomic E-state index is 10.2. The van der Waals surface area contributed by atoms with Crippen molar-refractivity contribution in [1.82, 2.24) is 0 Å². The summed E-state index contributed by atoms with van der Waals surface area (Å²) in [6.45, 7) is 4.21. The molecular weight excluding hydrogens is 186 g/mol. The van der Waals surface area contributed by atoms with Crippen molar-refractivity contribution in [3.63, 3.8) is 0 Å². The monoisotopic (exact) mass is 203 g/mol. The van der Waals surface area contributed by atoms with Gasteiger partial charge in [-0.25, -0.2) is 4.79 Å². The van der Waals surface area contributed by atoms with Gasteiger partial charge in [0, 0.05) is 20.3 Å². The fourth-order valence-electron chi connectivity index (χ4n) is 0.975. The molecule has 4 nitrogen and oxygen atoms in total. The summed E-state index contributed by atoms with van der Waals surface area (Å²) in [5.74, 6) is 0.555. The van der Waals surface area contributed by atoms with Gasteiger partial charge in [0.1, 0.15) is 0 Å². The molecule has 0 radical (unpaired) electrons. The molecule has 0 rings (SSSR count). The lowest BCUT2D eigenvalue weighted by molar-refractivity contribution is 0.240. The highest BCUT2D eigenvalue weighted by molar-refractivity contribution is 6.66. The Morgan fingerprint density at radius 2 is 1.92 bits per heavy atom. The Labute approximate surface area is 80.3 Å². The first-order chi connectivity index (χ1) is 6.10. The van der Waals surface area contributed by atoms with E-state index in [4.69, 9.17) is 8.85 Å². The van der Waals surface area contributed by atoms with Crippen LogP contribution in [0, 0.1) is 5.92 Å². The third-order valence-corrected chi connectivity index (χ3v) is 4.52. The summed E-state index contributed by atoms with van der Waals surface area (Å²) >= 11 is 0. The van der Waals surface area contributed by atoms with Gasteiger partial charge in [-0.1, -0.05) is 13.8 Å². The maximum absolute atomic E-state index is 10.2. The van der Waals surface area contributed by atoms with Gasteiger partial charge in [-0.2, -0.15) is 4.66 Å². The van der Waals surface area contributed by atoms with Crippen LogP contribution in [-0.2, 0) is 13.6 Å². The molecule has 0 aromatic heterocycles. The van der Waals surface area contributed by atoms with Crippen LogP contribution in [0.2, 0.25) is 6.04 Å². The van der Waals surface area contributed by atoms with E-state index in [9.17, 15) is 4.79 Å². The molecule has 76 valence electrons. The van der Waals surface area contributed by atoms with Gasteiger partial charge in [0.05, 0.1) is 0 Å². The maximum Gasteiger partial charge on any atom is 0.488 e. The molecule has 5 heteroatoms. The van der Waals surface area contributed by atoms with Crippen molar-refractivity contribution < 1.29 is 13.6 Å². The predicted molar refractivity (Wildman–Crippen MR) is 52.2 cm³/mol. The van der Waals surface area contributed by atoms with E-state index in [1.165, 1.54) is 20.3 Å².